The molecule has 8 heavy (non-hydrogen) atoms. The summed E-state index contributed by atoms with van der Waals surface area (Å²) in [6.07, 6.45) is -0.336. The smallest absolute Gasteiger partial charge is 0.381 e. The van der Waals surface area contributed by atoms with E-state index in [4.69, 9.17) is 5.11 Å². The summed E-state index contributed by atoms with van der Waals surface area (Å²) in [5.41, 5.74) is 0. The van der Waals surface area contributed by atoms with E-state index in [2.05, 4.69) is 0 Å². The number of carbonyl (C=O) groups is 1. The summed E-state index contributed by atoms with van der Waals surface area (Å²) in [6.45, 7) is 1.80. The molecule has 0 amide bonds. The summed E-state index contributed by atoms with van der Waals surface area (Å²) in [7, 11) is 0. The fraction of sp³-hybridized carbons (Fsp3) is 0.800. The Morgan fingerprint density at radius 1 is 1.75 bits per heavy atom. The highest BCUT2D eigenvalue weighted by Gasteiger charge is 2.12. The van der Waals surface area contributed by atoms with Gasteiger partial charge in [0.05, 0.1) is 0 Å². The van der Waals surface area contributed by atoms with Crippen LogP contribution in [0.2, 0.25) is 0 Å². The van der Waals surface area contributed by atoms with Crippen molar-refractivity contribution in [2.24, 2.45) is 0 Å². The Morgan fingerprint density at radius 2 is 2.25 bits per heavy atom. The molecule has 0 bridgehead atoms. The normalized spacial score (nSPS) is 13.2. The van der Waals surface area contributed by atoms with Gasteiger partial charge in [-0.3, -0.25) is 0 Å². The van der Waals surface area contributed by atoms with Crippen molar-refractivity contribution in [1.82, 2.24) is 0 Å². The maximum Gasteiger partial charge on any atom is 0.383 e. The lowest BCUT2D eigenvalue weighted by molar-refractivity contribution is -0.153. The Bertz CT molecular complexity index is 79.7. The van der Waals surface area contributed by atoms with E-state index in [1.807, 2.05) is 0 Å². The third kappa shape index (κ3) is 2.58. The summed E-state index contributed by atoms with van der Waals surface area (Å²) in [4.78, 5) is 9.73. The Labute approximate surface area is 47.9 Å². The second-order valence-electron chi connectivity index (χ2n) is 1.62. The van der Waals surface area contributed by atoms with Crippen LogP contribution < -0.4 is 0 Å². The van der Waals surface area contributed by atoms with Crippen molar-refractivity contribution in [2.75, 3.05) is 0 Å². The molecular formula is C5H9O3. The summed E-state index contributed by atoms with van der Waals surface area (Å²) < 4.78 is 0. The molecule has 0 aliphatic rings. The molecule has 0 saturated carbocycles. The minimum Gasteiger partial charge on any atom is -0.381 e. The molecule has 0 aliphatic carbocycles. The number of aliphatic hydroxyl groups is 1. The van der Waals surface area contributed by atoms with Crippen LogP contribution in [0.25, 0.3) is 0 Å². The standard InChI is InChI=1S/C5H9O3/c1-2-3-4(6)5(7)8/h4,6H,2-3H2,1H3. The average molecular weight is 117 g/mol. The van der Waals surface area contributed by atoms with Gasteiger partial charge >= 0.3 is 5.97 Å². The summed E-state index contributed by atoms with van der Waals surface area (Å²) in [5, 5.41) is 18.2. The van der Waals surface area contributed by atoms with Crippen molar-refractivity contribution in [3.63, 3.8) is 0 Å². The Kier molecular flexibility index (Phi) is 3.19. The molecule has 1 N–H and O–H groups in total. The molecule has 1 atom stereocenters. The number of carbonyl (C=O) groups excluding carboxylic acids is 1. The van der Waals surface area contributed by atoms with Gasteiger partial charge in [0, 0.05) is 0 Å². The van der Waals surface area contributed by atoms with Crippen molar-refractivity contribution in [1.29, 1.82) is 0 Å². The van der Waals surface area contributed by atoms with Gasteiger partial charge in [-0.15, -0.1) is 0 Å². The molecule has 1 radical (unpaired) electrons. The zero-order chi connectivity index (χ0) is 6.57. The highest BCUT2D eigenvalue weighted by molar-refractivity contribution is 5.71. The van der Waals surface area contributed by atoms with E-state index in [-0.39, 0.29) is 6.42 Å². The largest absolute Gasteiger partial charge is 0.383 e. The lowest BCUT2D eigenvalue weighted by Crippen LogP contribution is -2.17. The van der Waals surface area contributed by atoms with Gasteiger partial charge in [-0.05, 0) is 6.42 Å². The minimum absolute atomic E-state index is 0.280. The second kappa shape index (κ2) is 3.43. The molecule has 0 fully saturated rings. The van der Waals surface area contributed by atoms with Crippen LogP contribution in [0.5, 0.6) is 0 Å². The summed E-state index contributed by atoms with van der Waals surface area (Å²) in [6, 6.07) is 0. The first-order valence-electron chi connectivity index (χ1n) is 2.57. The van der Waals surface area contributed by atoms with E-state index in [0.717, 1.165) is 0 Å². The molecule has 0 spiro atoms. The van der Waals surface area contributed by atoms with Gasteiger partial charge in [0.1, 0.15) is 0 Å². The number of rotatable bonds is 3. The topological polar surface area (TPSA) is 57.2 Å². The van der Waals surface area contributed by atoms with Crippen molar-refractivity contribution in [3.8, 4) is 0 Å². The molecular weight excluding hydrogens is 108 g/mol. The number of hydrogen-bond acceptors (Lipinski definition) is 2. The van der Waals surface area contributed by atoms with Crippen molar-refractivity contribution >= 4 is 5.97 Å². The summed E-state index contributed by atoms with van der Waals surface area (Å²) in [5.74, 6) is -1.38. The van der Waals surface area contributed by atoms with Gasteiger partial charge in [-0.25, -0.2) is 9.90 Å². The van der Waals surface area contributed by atoms with Crippen LogP contribution in [-0.4, -0.2) is 17.2 Å². The highest BCUT2D eigenvalue weighted by atomic mass is 16.4. The maximum absolute atomic E-state index is 9.73. The molecule has 0 aromatic rings. The first-order valence-corrected chi connectivity index (χ1v) is 2.57. The molecule has 0 aromatic carbocycles. The second-order valence-corrected chi connectivity index (χ2v) is 1.62. The predicted octanol–water partition coefficient (Wildman–Crippen LogP) is 0.104. The molecule has 47 valence electrons. The van der Waals surface area contributed by atoms with Crippen LogP contribution in [0.1, 0.15) is 19.8 Å². The fourth-order valence-corrected chi connectivity index (χ4v) is 0.391. The Morgan fingerprint density at radius 3 is 2.38 bits per heavy atom. The van der Waals surface area contributed by atoms with E-state index in [0.29, 0.717) is 6.42 Å². The summed E-state index contributed by atoms with van der Waals surface area (Å²) >= 11 is 0. The molecule has 1 unspecified atom stereocenters. The molecule has 0 saturated heterocycles. The van der Waals surface area contributed by atoms with E-state index in [1.165, 1.54) is 0 Å². The molecule has 3 nitrogen and oxygen atoms in total. The van der Waals surface area contributed by atoms with Crippen LogP contribution in [0, 0.1) is 0 Å². The zero-order valence-corrected chi connectivity index (χ0v) is 4.76. The van der Waals surface area contributed by atoms with E-state index in [9.17, 15) is 9.90 Å². The van der Waals surface area contributed by atoms with E-state index >= 15 is 0 Å². The SMILES string of the molecule is CCCC(O)C([O])=O. The molecule has 0 heterocycles. The number of hydrogen-bond donors (Lipinski definition) is 1. The van der Waals surface area contributed by atoms with Gasteiger partial charge in [0.15, 0.2) is 6.10 Å². The van der Waals surface area contributed by atoms with Crippen LogP contribution >= 0.6 is 0 Å². The van der Waals surface area contributed by atoms with Crippen LogP contribution in [0.3, 0.4) is 0 Å². The van der Waals surface area contributed by atoms with Gasteiger partial charge in [0.25, 0.3) is 0 Å². The Hall–Kier alpha value is -0.570. The highest BCUT2D eigenvalue weighted by Crippen LogP contribution is 1.94. The van der Waals surface area contributed by atoms with Crippen LogP contribution in [-0.2, 0) is 9.90 Å². The average Bonchev–Trinajstić information content (AvgIpc) is 1.67. The van der Waals surface area contributed by atoms with E-state index < -0.39 is 12.1 Å². The lowest BCUT2D eigenvalue weighted by atomic mass is 10.2. The lowest BCUT2D eigenvalue weighted by Gasteiger charge is -1.96. The van der Waals surface area contributed by atoms with Crippen molar-refractivity contribution < 1.29 is 15.0 Å². The fourth-order valence-electron chi connectivity index (χ4n) is 0.391. The minimum atomic E-state index is -1.38. The molecule has 0 aromatic heterocycles. The van der Waals surface area contributed by atoms with Crippen LogP contribution in [0.15, 0.2) is 0 Å². The van der Waals surface area contributed by atoms with Crippen molar-refractivity contribution in [3.05, 3.63) is 0 Å². The van der Waals surface area contributed by atoms with E-state index in [1.54, 1.807) is 6.92 Å². The third-order valence-electron chi connectivity index (χ3n) is 0.834. The van der Waals surface area contributed by atoms with Crippen LogP contribution in [0.4, 0.5) is 0 Å². The predicted molar refractivity (Wildman–Crippen MR) is 26.6 cm³/mol. The molecule has 0 rings (SSSR count). The van der Waals surface area contributed by atoms with Gasteiger partial charge in [-0.1, -0.05) is 13.3 Å². The maximum atomic E-state index is 9.73. The third-order valence-corrected chi connectivity index (χ3v) is 0.834. The van der Waals surface area contributed by atoms with Gasteiger partial charge in [-0.2, -0.15) is 0 Å². The quantitative estimate of drug-likeness (QED) is 0.570. The Balaban J connectivity index is 3.32. The van der Waals surface area contributed by atoms with Crippen molar-refractivity contribution in [2.45, 2.75) is 25.9 Å². The first kappa shape index (κ1) is 7.43. The monoisotopic (exact) mass is 117 g/mol. The van der Waals surface area contributed by atoms with Gasteiger partial charge in [0.2, 0.25) is 0 Å². The molecule has 0 aliphatic heterocycles. The van der Waals surface area contributed by atoms with Gasteiger partial charge < -0.3 is 5.11 Å². The zero-order valence-electron chi connectivity index (χ0n) is 4.76. The molecule has 3 heteroatoms. The number of aliphatic hydroxyl groups excluding tert-OH is 1. The first-order chi connectivity index (χ1) is 3.68.